The van der Waals surface area contributed by atoms with Gasteiger partial charge in [-0.25, -0.2) is 0 Å². The van der Waals surface area contributed by atoms with Gasteiger partial charge in [0.05, 0.1) is 0 Å². The summed E-state index contributed by atoms with van der Waals surface area (Å²) in [5.41, 5.74) is 3.30. The van der Waals surface area contributed by atoms with Crippen LogP contribution < -0.4 is 5.32 Å². The van der Waals surface area contributed by atoms with Crippen molar-refractivity contribution in [1.82, 2.24) is 9.80 Å². The van der Waals surface area contributed by atoms with Crippen molar-refractivity contribution in [2.75, 3.05) is 49.5 Å². The number of anilines is 1. The van der Waals surface area contributed by atoms with E-state index in [0.717, 1.165) is 36.9 Å². The molecule has 2 aliphatic rings. The van der Waals surface area contributed by atoms with Crippen molar-refractivity contribution in [1.29, 1.82) is 0 Å². The maximum atomic E-state index is 12.3. The van der Waals surface area contributed by atoms with E-state index in [2.05, 4.69) is 39.9 Å². The number of thioether (sulfide) groups is 1. The van der Waals surface area contributed by atoms with E-state index in [4.69, 9.17) is 0 Å². The van der Waals surface area contributed by atoms with E-state index in [9.17, 15) is 4.79 Å². The van der Waals surface area contributed by atoms with Gasteiger partial charge in [0, 0.05) is 49.3 Å². The first-order valence-corrected chi connectivity index (χ1v) is 10.7. The molecule has 0 bridgehead atoms. The van der Waals surface area contributed by atoms with Crippen LogP contribution in [0.5, 0.6) is 0 Å². The van der Waals surface area contributed by atoms with E-state index in [0.29, 0.717) is 6.42 Å². The monoisotopic (exact) mass is 361 g/mol. The highest BCUT2D eigenvalue weighted by molar-refractivity contribution is 7.99. The predicted molar refractivity (Wildman–Crippen MR) is 108 cm³/mol. The van der Waals surface area contributed by atoms with Gasteiger partial charge in [-0.1, -0.05) is 17.7 Å². The lowest BCUT2D eigenvalue weighted by Crippen LogP contribution is -2.48. The Labute approximate surface area is 156 Å². The first-order chi connectivity index (χ1) is 12.1. The zero-order valence-corrected chi connectivity index (χ0v) is 16.4. The van der Waals surface area contributed by atoms with Gasteiger partial charge in [0.1, 0.15) is 0 Å². The number of hydrogen-bond acceptors (Lipinski definition) is 4. The van der Waals surface area contributed by atoms with Gasteiger partial charge in [-0.3, -0.25) is 9.69 Å². The molecule has 0 aliphatic carbocycles. The van der Waals surface area contributed by atoms with Crippen molar-refractivity contribution in [3.8, 4) is 0 Å². The molecule has 0 spiro atoms. The molecular weight excluding hydrogens is 330 g/mol. The smallest absolute Gasteiger partial charge is 0.225 e. The molecule has 138 valence electrons. The fourth-order valence-electron chi connectivity index (χ4n) is 3.88. The molecule has 2 saturated heterocycles. The number of piperidine rings is 1. The molecule has 2 fully saturated rings. The fraction of sp³-hybridized carbons (Fsp3) is 0.650. The number of rotatable bonds is 5. The van der Waals surface area contributed by atoms with Gasteiger partial charge >= 0.3 is 0 Å². The van der Waals surface area contributed by atoms with Crippen LogP contribution in [0, 0.1) is 13.8 Å². The van der Waals surface area contributed by atoms with Crippen molar-refractivity contribution < 1.29 is 4.79 Å². The fourth-order valence-corrected chi connectivity index (χ4v) is 4.81. The third-order valence-electron chi connectivity index (χ3n) is 5.43. The Kier molecular flexibility index (Phi) is 6.79. The number of nitrogens with one attached hydrogen (secondary N) is 1. The average Bonchev–Trinajstić information content (AvgIpc) is 2.63. The Morgan fingerprint density at radius 1 is 1.16 bits per heavy atom. The van der Waals surface area contributed by atoms with E-state index in [-0.39, 0.29) is 5.91 Å². The lowest BCUT2D eigenvalue weighted by molar-refractivity contribution is -0.116. The second-order valence-corrected chi connectivity index (χ2v) is 8.56. The Bertz CT molecular complexity index is 578. The molecule has 5 heteroatoms. The molecule has 0 radical (unpaired) electrons. The second-order valence-electron chi connectivity index (χ2n) is 7.34. The highest BCUT2D eigenvalue weighted by Gasteiger charge is 2.25. The van der Waals surface area contributed by atoms with Crippen molar-refractivity contribution >= 4 is 23.4 Å². The van der Waals surface area contributed by atoms with E-state index in [1.54, 1.807) is 0 Å². The lowest BCUT2D eigenvalue weighted by atomic mass is 10.0. The largest absolute Gasteiger partial charge is 0.326 e. The number of nitrogens with zero attached hydrogens (tertiary/aromatic N) is 2. The van der Waals surface area contributed by atoms with Crippen LogP contribution in [-0.4, -0.2) is 66.0 Å². The van der Waals surface area contributed by atoms with Gasteiger partial charge in [-0.05, 0) is 51.4 Å². The van der Waals surface area contributed by atoms with Crippen LogP contribution >= 0.6 is 11.8 Å². The molecular formula is C20H31N3OS. The Morgan fingerprint density at radius 2 is 1.88 bits per heavy atom. The normalized spacial score (nSPS) is 20.6. The summed E-state index contributed by atoms with van der Waals surface area (Å²) in [5, 5.41) is 3.06. The third kappa shape index (κ3) is 5.47. The Hall–Kier alpha value is -1.04. The SMILES string of the molecule is Cc1ccc(NC(=O)CCN2CCC(N3CCSCC3)CC2)c(C)c1. The standard InChI is InChI=1S/C20H31N3OS/c1-16-3-4-19(17(2)15-16)21-20(24)7-10-22-8-5-18(6-9-22)23-11-13-25-14-12-23/h3-4,15,18H,5-14H2,1-2H3,(H,21,24). The highest BCUT2D eigenvalue weighted by Crippen LogP contribution is 2.21. The van der Waals surface area contributed by atoms with Gasteiger partial charge in [-0.2, -0.15) is 11.8 Å². The van der Waals surface area contributed by atoms with Crippen LogP contribution in [0.25, 0.3) is 0 Å². The van der Waals surface area contributed by atoms with Crippen molar-refractivity contribution in [3.05, 3.63) is 29.3 Å². The van der Waals surface area contributed by atoms with Crippen LogP contribution in [0.3, 0.4) is 0 Å². The molecule has 1 aromatic rings. The minimum atomic E-state index is 0.127. The molecule has 2 aliphatic heterocycles. The molecule has 1 aromatic carbocycles. The second kappa shape index (κ2) is 9.06. The summed E-state index contributed by atoms with van der Waals surface area (Å²) >= 11 is 2.08. The minimum absolute atomic E-state index is 0.127. The number of amides is 1. The summed E-state index contributed by atoms with van der Waals surface area (Å²) in [5.74, 6) is 2.71. The van der Waals surface area contributed by atoms with Crippen molar-refractivity contribution in [3.63, 3.8) is 0 Å². The number of carbonyl (C=O) groups excluding carboxylic acids is 1. The Morgan fingerprint density at radius 3 is 2.56 bits per heavy atom. The number of likely N-dealkylation sites (tertiary alicyclic amines) is 1. The lowest BCUT2D eigenvalue weighted by Gasteiger charge is -2.40. The minimum Gasteiger partial charge on any atom is -0.326 e. The Balaban J connectivity index is 1.38. The topological polar surface area (TPSA) is 35.6 Å². The quantitative estimate of drug-likeness (QED) is 0.874. The molecule has 2 heterocycles. The molecule has 0 unspecified atom stereocenters. The van der Waals surface area contributed by atoms with Gasteiger partial charge in [0.25, 0.3) is 0 Å². The summed E-state index contributed by atoms with van der Waals surface area (Å²) in [6, 6.07) is 6.93. The summed E-state index contributed by atoms with van der Waals surface area (Å²) in [7, 11) is 0. The molecule has 1 amide bonds. The summed E-state index contributed by atoms with van der Waals surface area (Å²) in [6.07, 6.45) is 3.09. The number of benzene rings is 1. The van der Waals surface area contributed by atoms with Gasteiger partial charge in [-0.15, -0.1) is 0 Å². The molecule has 1 N–H and O–H groups in total. The van der Waals surface area contributed by atoms with E-state index < -0.39 is 0 Å². The van der Waals surface area contributed by atoms with E-state index in [1.165, 1.54) is 43.0 Å². The molecule has 0 saturated carbocycles. The highest BCUT2D eigenvalue weighted by atomic mass is 32.2. The number of carbonyl (C=O) groups is 1. The number of hydrogen-bond donors (Lipinski definition) is 1. The van der Waals surface area contributed by atoms with Crippen LogP contribution in [0.1, 0.15) is 30.4 Å². The van der Waals surface area contributed by atoms with Gasteiger partial charge in [0.2, 0.25) is 5.91 Å². The summed E-state index contributed by atoms with van der Waals surface area (Å²) in [4.78, 5) is 17.4. The number of aryl methyl sites for hydroxylation is 2. The van der Waals surface area contributed by atoms with Gasteiger partial charge < -0.3 is 10.2 Å². The summed E-state index contributed by atoms with van der Waals surface area (Å²) in [6.45, 7) is 9.77. The van der Waals surface area contributed by atoms with Crippen LogP contribution in [0.2, 0.25) is 0 Å². The third-order valence-corrected chi connectivity index (χ3v) is 6.37. The van der Waals surface area contributed by atoms with Crippen LogP contribution in [0.4, 0.5) is 5.69 Å². The molecule has 4 nitrogen and oxygen atoms in total. The van der Waals surface area contributed by atoms with E-state index >= 15 is 0 Å². The zero-order valence-electron chi connectivity index (χ0n) is 15.6. The van der Waals surface area contributed by atoms with Gasteiger partial charge in [0.15, 0.2) is 0 Å². The molecule has 3 rings (SSSR count). The summed E-state index contributed by atoms with van der Waals surface area (Å²) < 4.78 is 0. The molecule has 0 aromatic heterocycles. The zero-order chi connectivity index (χ0) is 17.6. The van der Waals surface area contributed by atoms with Crippen molar-refractivity contribution in [2.45, 2.75) is 39.2 Å². The van der Waals surface area contributed by atoms with Crippen LogP contribution in [-0.2, 0) is 4.79 Å². The molecule has 0 atom stereocenters. The predicted octanol–water partition coefficient (Wildman–Crippen LogP) is 3.15. The average molecular weight is 362 g/mol. The maximum Gasteiger partial charge on any atom is 0.225 e. The van der Waals surface area contributed by atoms with Crippen molar-refractivity contribution in [2.24, 2.45) is 0 Å². The molecule has 25 heavy (non-hydrogen) atoms. The van der Waals surface area contributed by atoms with E-state index in [1.807, 2.05) is 19.1 Å². The first kappa shape index (κ1) is 18.7. The maximum absolute atomic E-state index is 12.3. The first-order valence-electron chi connectivity index (χ1n) is 9.53. The van der Waals surface area contributed by atoms with Crippen LogP contribution in [0.15, 0.2) is 18.2 Å².